The molecule has 0 aliphatic carbocycles. The van der Waals surface area contributed by atoms with Crippen LogP contribution in [-0.2, 0) is 0 Å². The molecule has 1 amide bonds. The molecule has 0 bridgehead atoms. The lowest BCUT2D eigenvalue weighted by Gasteiger charge is -2.06. The molecule has 0 aliphatic heterocycles. The molecule has 2 aromatic carbocycles. The molecule has 5 heteroatoms. The number of carbonyl (C=O) groups is 1. The molecule has 1 heterocycles. The average Bonchev–Trinajstić information content (AvgIpc) is 3.04. The first-order valence-electron chi connectivity index (χ1n) is 6.39. The number of aromatic nitrogens is 2. The van der Waals surface area contributed by atoms with Crippen molar-refractivity contribution in [2.24, 2.45) is 0 Å². The second kappa shape index (κ2) is 5.93. The Balaban J connectivity index is 1.74. The maximum atomic E-state index is 12.2. The van der Waals surface area contributed by atoms with Crippen LogP contribution in [0, 0.1) is 0 Å². The molecular weight excluding hydrogens is 330 g/mol. The number of anilines is 1. The molecule has 4 nitrogen and oxygen atoms in total. The molecule has 0 saturated heterocycles. The van der Waals surface area contributed by atoms with E-state index in [0.717, 1.165) is 15.8 Å². The first-order valence-corrected chi connectivity index (χ1v) is 7.19. The summed E-state index contributed by atoms with van der Waals surface area (Å²) in [5.41, 5.74) is 2.29. The summed E-state index contributed by atoms with van der Waals surface area (Å²) in [5, 5.41) is 7.01. The van der Waals surface area contributed by atoms with E-state index < -0.39 is 0 Å². The fourth-order valence-electron chi connectivity index (χ4n) is 1.92. The van der Waals surface area contributed by atoms with Gasteiger partial charge in [-0.1, -0.05) is 15.9 Å². The summed E-state index contributed by atoms with van der Waals surface area (Å²) in [6.07, 6.45) is 3.57. The van der Waals surface area contributed by atoms with Crippen LogP contribution >= 0.6 is 15.9 Å². The normalized spacial score (nSPS) is 10.3. The maximum absolute atomic E-state index is 12.2. The van der Waals surface area contributed by atoms with Crippen molar-refractivity contribution in [3.63, 3.8) is 0 Å². The van der Waals surface area contributed by atoms with E-state index in [4.69, 9.17) is 0 Å². The number of rotatable bonds is 3. The number of carbonyl (C=O) groups excluding carboxylic acids is 1. The molecule has 0 atom stereocenters. The molecule has 0 radical (unpaired) electrons. The Labute approximate surface area is 130 Å². The van der Waals surface area contributed by atoms with Crippen molar-refractivity contribution >= 4 is 27.5 Å². The van der Waals surface area contributed by atoms with Crippen LogP contribution in [0.2, 0.25) is 0 Å². The van der Waals surface area contributed by atoms with Crippen molar-refractivity contribution in [1.82, 2.24) is 9.78 Å². The highest BCUT2D eigenvalue weighted by molar-refractivity contribution is 9.10. The summed E-state index contributed by atoms with van der Waals surface area (Å²) >= 11 is 3.36. The summed E-state index contributed by atoms with van der Waals surface area (Å²) in [4.78, 5) is 12.2. The van der Waals surface area contributed by atoms with E-state index in [9.17, 15) is 4.79 Å². The van der Waals surface area contributed by atoms with Crippen LogP contribution in [0.1, 0.15) is 10.4 Å². The first-order chi connectivity index (χ1) is 10.2. The van der Waals surface area contributed by atoms with Gasteiger partial charge in [0.15, 0.2) is 0 Å². The second-order valence-corrected chi connectivity index (χ2v) is 5.37. The van der Waals surface area contributed by atoms with Gasteiger partial charge in [-0.3, -0.25) is 4.79 Å². The van der Waals surface area contributed by atoms with E-state index >= 15 is 0 Å². The lowest BCUT2D eigenvalue weighted by molar-refractivity contribution is 0.102. The molecule has 1 N–H and O–H groups in total. The van der Waals surface area contributed by atoms with Gasteiger partial charge >= 0.3 is 0 Å². The summed E-state index contributed by atoms with van der Waals surface area (Å²) < 4.78 is 2.72. The largest absolute Gasteiger partial charge is 0.322 e. The summed E-state index contributed by atoms with van der Waals surface area (Å²) in [5.74, 6) is -0.135. The van der Waals surface area contributed by atoms with Gasteiger partial charge in [-0.05, 0) is 54.6 Å². The van der Waals surface area contributed by atoms with Crippen LogP contribution in [0.25, 0.3) is 5.69 Å². The Hall–Kier alpha value is -2.40. The van der Waals surface area contributed by atoms with Crippen molar-refractivity contribution in [1.29, 1.82) is 0 Å². The highest BCUT2D eigenvalue weighted by atomic mass is 79.9. The van der Waals surface area contributed by atoms with Gasteiger partial charge < -0.3 is 5.32 Å². The number of benzene rings is 2. The Morgan fingerprint density at radius 2 is 1.76 bits per heavy atom. The Kier molecular flexibility index (Phi) is 3.83. The van der Waals surface area contributed by atoms with Crippen molar-refractivity contribution in [3.05, 3.63) is 77.0 Å². The molecule has 3 aromatic rings. The monoisotopic (exact) mass is 341 g/mol. The van der Waals surface area contributed by atoms with E-state index in [1.165, 1.54) is 0 Å². The minimum absolute atomic E-state index is 0.135. The molecule has 0 aliphatic rings. The van der Waals surface area contributed by atoms with Gasteiger partial charge in [-0.2, -0.15) is 5.10 Å². The van der Waals surface area contributed by atoms with Crippen LogP contribution < -0.4 is 5.32 Å². The molecule has 0 saturated carbocycles. The molecule has 21 heavy (non-hydrogen) atoms. The van der Waals surface area contributed by atoms with Gasteiger partial charge in [-0.25, -0.2) is 4.68 Å². The van der Waals surface area contributed by atoms with E-state index in [2.05, 4.69) is 26.3 Å². The molecule has 0 unspecified atom stereocenters. The van der Waals surface area contributed by atoms with Gasteiger partial charge in [0.1, 0.15) is 0 Å². The molecule has 0 fully saturated rings. The van der Waals surface area contributed by atoms with E-state index in [1.54, 1.807) is 23.0 Å². The molecule has 3 rings (SSSR count). The first kappa shape index (κ1) is 13.6. The minimum Gasteiger partial charge on any atom is -0.322 e. The van der Waals surface area contributed by atoms with Gasteiger partial charge in [0.2, 0.25) is 0 Å². The lowest BCUT2D eigenvalue weighted by atomic mass is 10.2. The molecular formula is C16H12BrN3O. The van der Waals surface area contributed by atoms with E-state index in [1.807, 2.05) is 48.7 Å². The van der Waals surface area contributed by atoms with E-state index in [-0.39, 0.29) is 5.91 Å². The van der Waals surface area contributed by atoms with Crippen LogP contribution in [-0.4, -0.2) is 15.7 Å². The smallest absolute Gasteiger partial charge is 0.255 e. The average molecular weight is 342 g/mol. The molecule has 1 aromatic heterocycles. The van der Waals surface area contributed by atoms with Crippen molar-refractivity contribution in [2.45, 2.75) is 0 Å². The van der Waals surface area contributed by atoms with Gasteiger partial charge in [-0.15, -0.1) is 0 Å². The number of halogens is 1. The van der Waals surface area contributed by atoms with Crippen LogP contribution in [0.5, 0.6) is 0 Å². The fraction of sp³-hybridized carbons (Fsp3) is 0. The van der Waals surface area contributed by atoms with Crippen LogP contribution in [0.15, 0.2) is 71.5 Å². The predicted octanol–water partition coefficient (Wildman–Crippen LogP) is 3.89. The third kappa shape index (κ3) is 3.20. The highest BCUT2D eigenvalue weighted by Gasteiger charge is 2.06. The Morgan fingerprint density at radius 3 is 2.38 bits per heavy atom. The number of hydrogen-bond acceptors (Lipinski definition) is 2. The number of hydrogen-bond donors (Lipinski definition) is 1. The predicted molar refractivity (Wildman–Crippen MR) is 85.7 cm³/mol. The quantitative estimate of drug-likeness (QED) is 0.785. The summed E-state index contributed by atoms with van der Waals surface area (Å²) in [6, 6.07) is 16.6. The molecule has 104 valence electrons. The van der Waals surface area contributed by atoms with Gasteiger partial charge in [0.25, 0.3) is 5.91 Å². The van der Waals surface area contributed by atoms with Crippen LogP contribution in [0.3, 0.4) is 0 Å². The number of amides is 1. The third-order valence-corrected chi connectivity index (χ3v) is 3.53. The Bertz CT molecular complexity index is 734. The van der Waals surface area contributed by atoms with Crippen LogP contribution in [0.4, 0.5) is 5.69 Å². The number of nitrogens with zero attached hydrogens (tertiary/aromatic N) is 2. The summed E-state index contributed by atoms with van der Waals surface area (Å²) in [7, 11) is 0. The SMILES string of the molecule is O=C(Nc1ccc(Br)cc1)c1ccc(-n2cccn2)cc1. The van der Waals surface area contributed by atoms with Gasteiger partial charge in [0.05, 0.1) is 5.69 Å². The zero-order valence-electron chi connectivity index (χ0n) is 11.0. The van der Waals surface area contributed by atoms with Crippen molar-refractivity contribution in [3.8, 4) is 5.69 Å². The topological polar surface area (TPSA) is 46.9 Å². The lowest BCUT2D eigenvalue weighted by Crippen LogP contribution is -2.11. The van der Waals surface area contributed by atoms with Crippen molar-refractivity contribution in [2.75, 3.05) is 5.32 Å². The van der Waals surface area contributed by atoms with Crippen molar-refractivity contribution < 1.29 is 4.79 Å². The maximum Gasteiger partial charge on any atom is 0.255 e. The van der Waals surface area contributed by atoms with E-state index in [0.29, 0.717) is 5.56 Å². The highest BCUT2D eigenvalue weighted by Crippen LogP contribution is 2.15. The third-order valence-electron chi connectivity index (χ3n) is 3.00. The Morgan fingerprint density at radius 1 is 1.05 bits per heavy atom. The molecule has 0 spiro atoms. The fourth-order valence-corrected chi connectivity index (χ4v) is 2.19. The zero-order chi connectivity index (χ0) is 14.7. The minimum atomic E-state index is -0.135. The number of nitrogens with one attached hydrogen (secondary N) is 1. The zero-order valence-corrected chi connectivity index (χ0v) is 12.6. The second-order valence-electron chi connectivity index (χ2n) is 4.46. The summed E-state index contributed by atoms with van der Waals surface area (Å²) in [6.45, 7) is 0. The standard InChI is InChI=1S/C16H12BrN3O/c17-13-4-6-14(7-5-13)19-16(21)12-2-8-15(9-3-12)20-11-1-10-18-20/h1-11H,(H,19,21). The van der Waals surface area contributed by atoms with Gasteiger partial charge in [0, 0.05) is 28.1 Å².